The first-order chi connectivity index (χ1) is 11.7. The minimum Gasteiger partial charge on any atom is -0.331 e. The first-order valence-corrected chi connectivity index (χ1v) is 7.98. The van der Waals surface area contributed by atoms with Gasteiger partial charge in [0.05, 0.1) is 23.7 Å². The van der Waals surface area contributed by atoms with Crippen LogP contribution in [0.4, 0.5) is 0 Å². The van der Waals surface area contributed by atoms with E-state index in [0.29, 0.717) is 0 Å². The molecule has 1 N–H and O–H groups in total. The summed E-state index contributed by atoms with van der Waals surface area (Å²) in [6.45, 7) is 2.12. The zero-order chi connectivity index (χ0) is 16.9. The van der Waals surface area contributed by atoms with Crippen molar-refractivity contribution < 1.29 is 4.79 Å². The Morgan fingerprint density at radius 3 is 2.67 bits per heavy atom. The van der Waals surface area contributed by atoms with Crippen molar-refractivity contribution >= 4 is 23.2 Å². The van der Waals surface area contributed by atoms with E-state index >= 15 is 0 Å². The molecule has 0 radical (unpaired) electrons. The fraction of sp³-hybridized carbons (Fsp3) is 0.211. The summed E-state index contributed by atoms with van der Waals surface area (Å²) in [5, 5.41) is 4.02. The average Bonchev–Trinajstić information content (AvgIpc) is 2.92. The molecule has 0 fully saturated rings. The zero-order valence-electron chi connectivity index (χ0n) is 13.9. The molecule has 0 spiro atoms. The first kappa shape index (κ1) is 15.9. The van der Waals surface area contributed by atoms with Crippen LogP contribution in [0.1, 0.15) is 23.9 Å². The summed E-state index contributed by atoms with van der Waals surface area (Å²) in [5.41, 5.74) is 6.69. The Morgan fingerprint density at radius 1 is 1.21 bits per heavy atom. The number of hydrazone groups is 1. The number of amides is 1. The van der Waals surface area contributed by atoms with Crippen molar-refractivity contribution in [3.8, 4) is 0 Å². The van der Waals surface area contributed by atoms with Gasteiger partial charge >= 0.3 is 0 Å². The fourth-order valence-electron chi connectivity index (χ4n) is 2.55. The lowest BCUT2D eigenvalue weighted by Gasteiger charge is -2.01. The van der Waals surface area contributed by atoms with Gasteiger partial charge in [0.25, 0.3) is 0 Å². The average molecular weight is 320 g/mol. The second kappa shape index (κ2) is 7.08. The van der Waals surface area contributed by atoms with Crippen LogP contribution in [0.2, 0.25) is 0 Å². The Bertz CT molecular complexity index is 878. The monoisotopic (exact) mass is 320 g/mol. The van der Waals surface area contributed by atoms with Gasteiger partial charge in [0.2, 0.25) is 5.91 Å². The van der Waals surface area contributed by atoms with E-state index in [1.807, 2.05) is 48.0 Å². The molecule has 0 saturated heterocycles. The topological polar surface area (TPSA) is 59.3 Å². The van der Waals surface area contributed by atoms with Crippen molar-refractivity contribution in [2.24, 2.45) is 12.1 Å². The van der Waals surface area contributed by atoms with Crippen molar-refractivity contribution in [3.05, 3.63) is 65.5 Å². The minimum absolute atomic E-state index is 0.185. The Morgan fingerprint density at radius 2 is 1.96 bits per heavy atom. The summed E-state index contributed by atoms with van der Waals surface area (Å²) in [6.07, 6.45) is 2.84. The number of aryl methyl sites for hydroxylation is 2. The van der Waals surface area contributed by atoms with Crippen LogP contribution in [0.3, 0.4) is 0 Å². The predicted octanol–water partition coefficient (Wildman–Crippen LogP) is 2.83. The van der Waals surface area contributed by atoms with Gasteiger partial charge in [-0.15, -0.1) is 0 Å². The van der Waals surface area contributed by atoms with Crippen LogP contribution in [0.5, 0.6) is 0 Å². The van der Waals surface area contributed by atoms with Gasteiger partial charge in [0.15, 0.2) is 0 Å². The van der Waals surface area contributed by atoms with E-state index in [-0.39, 0.29) is 12.3 Å². The van der Waals surface area contributed by atoms with Crippen LogP contribution in [0.25, 0.3) is 11.0 Å². The molecule has 0 aliphatic heterocycles. The lowest BCUT2D eigenvalue weighted by Crippen LogP contribution is -2.21. The Balaban J connectivity index is 1.62. The highest BCUT2D eigenvalue weighted by Gasteiger charge is 2.10. The molecule has 0 unspecified atom stereocenters. The van der Waals surface area contributed by atoms with Crippen LogP contribution < -0.4 is 5.43 Å². The Hall–Kier alpha value is -2.95. The second-order valence-electron chi connectivity index (χ2n) is 5.64. The number of rotatable bonds is 5. The van der Waals surface area contributed by atoms with Crippen LogP contribution in [0.15, 0.2) is 53.6 Å². The van der Waals surface area contributed by atoms with Crippen LogP contribution >= 0.6 is 0 Å². The third kappa shape index (κ3) is 3.51. The van der Waals surface area contributed by atoms with Crippen LogP contribution in [-0.4, -0.2) is 21.7 Å². The minimum atomic E-state index is -0.185. The highest BCUT2D eigenvalue weighted by Crippen LogP contribution is 2.14. The number of hydrogen-bond donors (Lipinski definition) is 1. The van der Waals surface area contributed by atoms with Crippen LogP contribution in [0, 0.1) is 0 Å². The van der Waals surface area contributed by atoms with Gasteiger partial charge < -0.3 is 4.57 Å². The van der Waals surface area contributed by atoms with E-state index in [4.69, 9.17) is 0 Å². The summed E-state index contributed by atoms with van der Waals surface area (Å²) >= 11 is 0. The molecule has 5 heteroatoms. The maximum Gasteiger partial charge on any atom is 0.247 e. The number of para-hydroxylation sites is 2. The van der Waals surface area contributed by atoms with Crippen LogP contribution in [-0.2, 0) is 24.7 Å². The quantitative estimate of drug-likeness (QED) is 0.580. The smallest absolute Gasteiger partial charge is 0.247 e. The number of imidazole rings is 1. The molecule has 0 saturated carbocycles. The van der Waals surface area contributed by atoms with Crippen molar-refractivity contribution in [3.63, 3.8) is 0 Å². The van der Waals surface area contributed by atoms with E-state index in [0.717, 1.165) is 28.8 Å². The Kier molecular flexibility index (Phi) is 4.70. The van der Waals surface area contributed by atoms with E-state index in [1.54, 1.807) is 6.21 Å². The molecule has 1 aromatic heterocycles. The van der Waals surface area contributed by atoms with Gasteiger partial charge in [0.1, 0.15) is 5.82 Å². The standard InChI is InChI=1S/C19H20N4O/c1-3-14-8-10-15(11-9-14)13-20-22-19(24)12-18-21-16-6-4-5-7-17(16)23(18)2/h4-11,13H,3,12H2,1-2H3,(H,22,24)/b20-13+. The number of nitrogens with zero attached hydrogens (tertiary/aromatic N) is 3. The predicted molar refractivity (Wildman–Crippen MR) is 96.0 cm³/mol. The molecule has 1 heterocycles. The van der Waals surface area contributed by atoms with Crippen molar-refractivity contribution in [2.45, 2.75) is 19.8 Å². The van der Waals surface area contributed by atoms with Gasteiger partial charge in [-0.2, -0.15) is 5.10 Å². The maximum absolute atomic E-state index is 12.1. The van der Waals surface area contributed by atoms with Crippen molar-refractivity contribution in [2.75, 3.05) is 0 Å². The molecule has 122 valence electrons. The molecule has 3 rings (SSSR count). The van der Waals surface area contributed by atoms with Gasteiger partial charge in [-0.25, -0.2) is 10.4 Å². The first-order valence-electron chi connectivity index (χ1n) is 7.98. The lowest BCUT2D eigenvalue weighted by molar-refractivity contribution is -0.120. The number of nitrogens with one attached hydrogen (secondary N) is 1. The fourth-order valence-corrected chi connectivity index (χ4v) is 2.55. The van der Waals surface area contributed by atoms with E-state index in [1.165, 1.54) is 5.56 Å². The number of hydrogen-bond acceptors (Lipinski definition) is 3. The van der Waals surface area contributed by atoms with Crippen molar-refractivity contribution in [1.29, 1.82) is 0 Å². The van der Waals surface area contributed by atoms with E-state index in [9.17, 15) is 4.79 Å². The van der Waals surface area contributed by atoms with E-state index < -0.39 is 0 Å². The zero-order valence-corrected chi connectivity index (χ0v) is 13.9. The molecule has 2 aromatic carbocycles. The normalized spacial score (nSPS) is 11.2. The number of carbonyl (C=O) groups is 1. The molecule has 24 heavy (non-hydrogen) atoms. The van der Waals surface area contributed by atoms with Gasteiger partial charge in [-0.05, 0) is 29.7 Å². The molecule has 0 aliphatic carbocycles. The number of carbonyl (C=O) groups excluding carboxylic acids is 1. The number of fused-ring (bicyclic) bond motifs is 1. The highest BCUT2D eigenvalue weighted by atomic mass is 16.2. The summed E-state index contributed by atoms with van der Waals surface area (Å²) in [7, 11) is 1.91. The lowest BCUT2D eigenvalue weighted by atomic mass is 10.1. The molecule has 1 amide bonds. The second-order valence-corrected chi connectivity index (χ2v) is 5.64. The third-order valence-electron chi connectivity index (χ3n) is 3.99. The summed E-state index contributed by atoms with van der Waals surface area (Å²) in [6, 6.07) is 15.9. The molecule has 5 nitrogen and oxygen atoms in total. The highest BCUT2D eigenvalue weighted by molar-refractivity contribution is 5.84. The molecular formula is C19H20N4O. The maximum atomic E-state index is 12.1. The van der Waals surface area contributed by atoms with Crippen molar-refractivity contribution in [1.82, 2.24) is 15.0 Å². The number of aromatic nitrogens is 2. The van der Waals surface area contributed by atoms with E-state index in [2.05, 4.69) is 34.6 Å². The molecule has 0 atom stereocenters. The molecule has 3 aromatic rings. The molecule has 0 bridgehead atoms. The summed E-state index contributed by atoms with van der Waals surface area (Å²) in [5.74, 6) is 0.533. The number of benzene rings is 2. The SMILES string of the molecule is CCc1ccc(/C=N/NC(=O)Cc2nc3ccccc3n2C)cc1. The molecule has 0 aliphatic rings. The van der Waals surface area contributed by atoms with Gasteiger partial charge in [-0.1, -0.05) is 43.3 Å². The van der Waals surface area contributed by atoms with Gasteiger partial charge in [-0.3, -0.25) is 4.79 Å². The Labute approximate surface area is 141 Å². The summed E-state index contributed by atoms with van der Waals surface area (Å²) in [4.78, 5) is 16.5. The largest absolute Gasteiger partial charge is 0.331 e. The molecular weight excluding hydrogens is 300 g/mol. The third-order valence-corrected chi connectivity index (χ3v) is 3.99. The summed E-state index contributed by atoms with van der Waals surface area (Å²) < 4.78 is 1.93. The van der Waals surface area contributed by atoms with Gasteiger partial charge in [0, 0.05) is 7.05 Å².